The molecule has 8 heteroatoms. The molecule has 0 spiro atoms. The molecular formula is C28H30F3N3O2. The Morgan fingerprint density at radius 1 is 0.972 bits per heavy atom. The van der Waals surface area contributed by atoms with E-state index in [1.54, 1.807) is 35.2 Å². The van der Waals surface area contributed by atoms with Crippen LogP contribution in [0.5, 0.6) is 5.75 Å². The molecule has 0 bridgehead atoms. The van der Waals surface area contributed by atoms with E-state index >= 15 is 0 Å². The summed E-state index contributed by atoms with van der Waals surface area (Å²) in [6.45, 7) is 4.77. The second-order valence-electron chi connectivity index (χ2n) is 8.86. The summed E-state index contributed by atoms with van der Waals surface area (Å²) in [6.07, 6.45) is -0.832. The summed E-state index contributed by atoms with van der Waals surface area (Å²) < 4.78 is 45.6. The van der Waals surface area contributed by atoms with Crippen LogP contribution >= 0.6 is 0 Å². The molecule has 0 N–H and O–H groups in total. The monoisotopic (exact) mass is 497 g/mol. The van der Waals surface area contributed by atoms with Gasteiger partial charge in [-0.05, 0) is 53.9 Å². The minimum Gasteiger partial charge on any atom is -0.493 e. The maximum atomic E-state index is 13.3. The Morgan fingerprint density at radius 3 is 2.33 bits per heavy atom. The Balaban J connectivity index is 1.25. The maximum Gasteiger partial charge on any atom is 0.416 e. The molecule has 1 amide bonds. The van der Waals surface area contributed by atoms with Crippen LogP contribution in [0.4, 0.5) is 13.2 Å². The first-order chi connectivity index (χ1) is 17.3. The number of aromatic nitrogens is 1. The number of carbonyl (C=O) groups is 1. The van der Waals surface area contributed by atoms with Gasteiger partial charge >= 0.3 is 6.18 Å². The molecule has 36 heavy (non-hydrogen) atoms. The SMILES string of the molecule is CCc1ccc(CCOc2ccc(C(=O)N3CCN(Cc4ccccc4C(F)(F)F)CC3)cc2)nc1. The lowest BCUT2D eigenvalue weighted by atomic mass is 10.1. The highest BCUT2D eigenvalue weighted by atomic mass is 19.4. The first kappa shape index (κ1) is 25.7. The van der Waals surface area contributed by atoms with Crippen molar-refractivity contribution in [2.75, 3.05) is 32.8 Å². The normalized spacial score (nSPS) is 14.6. The lowest BCUT2D eigenvalue weighted by Gasteiger charge is -2.35. The van der Waals surface area contributed by atoms with Crippen LogP contribution in [0.3, 0.4) is 0 Å². The van der Waals surface area contributed by atoms with Gasteiger partial charge in [-0.15, -0.1) is 0 Å². The van der Waals surface area contributed by atoms with E-state index in [9.17, 15) is 18.0 Å². The van der Waals surface area contributed by atoms with E-state index in [0.717, 1.165) is 18.2 Å². The number of halogens is 3. The molecule has 1 aromatic heterocycles. The summed E-state index contributed by atoms with van der Waals surface area (Å²) in [7, 11) is 0. The molecule has 5 nitrogen and oxygen atoms in total. The minimum absolute atomic E-state index is 0.0860. The second kappa shape index (κ2) is 11.6. The molecule has 3 aromatic rings. The molecule has 0 unspecified atom stereocenters. The number of carbonyl (C=O) groups excluding carboxylic acids is 1. The lowest BCUT2D eigenvalue weighted by molar-refractivity contribution is -0.138. The third kappa shape index (κ3) is 6.63. The van der Waals surface area contributed by atoms with Gasteiger partial charge in [0.15, 0.2) is 0 Å². The van der Waals surface area contributed by atoms with Gasteiger partial charge in [0.05, 0.1) is 12.2 Å². The summed E-state index contributed by atoms with van der Waals surface area (Å²) in [6, 6.07) is 16.8. The second-order valence-corrected chi connectivity index (χ2v) is 8.86. The quantitative estimate of drug-likeness (QED) is 0.427. The number of rotatable bonds is 8. The van der Waals surface area contributed by atoms with Crippen LogP contribution in [-0.4, -0.2) is 53.5 Å². The van der Waals surface area contributed by atoms with Crippen molar-refractivity contribution < 1.29 is 22.7 Å². The van der Waals surface area contributed by atoms with Crippen LogP contribution < -0.4 is 4.74 Å². The zero-order chi connectivity index (χ0) is 25.5. The van der Waals surface area contributed by atoms with Crippen molar-refractivity contribution in [3.05, 3.63) is 94.8 Å². The van der Waals surface area contributed by atoms with E-state index in [2.05, 4.69) is 18.0 Å². The lowest BCUT2D eigenvalue weighted by Crippen LogP contribution is -2.48. The summed E-state index contributed by atoms with van der Waals surface area (Å²) >= 11 is 0. The van der Waals surface area contributed by atoms with Crippen LogP contribution in [-0.2, 0) is 25.6 Å². The highest BCUT2D eigenvalue weighted by Crippen LogP contribution is 2.32. The van der Waals surface area contributed by atoms with E-state index in [-0.39, 0.29) is 18.0 Å². The van der Waals surface area contributed by atoms with Crippen molar-refractivity contribution in [2.24, 2.45) is 0 Å². The number of pyridine rings is 1. The third-order valence-corrected chi connectivity index (χ3v) is 6.40. The molecule has 0 radical (unpaired) electrons. The van der Waals surface area contributed by atoms with Crippen molar-refractivity contribution >= 4 is 5.91 Å². The largest absolute Gasteiger partial charge is 0.493 e. The molecule has 2 aromatic carbocycles. The summed E-state index contributed by atoms with van der Waals surface area (Å²) in [5, 5.41) is 0. The van der Waals surface area contributed by atoms with Crippen LogP contribution in [0.25, 0.3) is 0 Å². The first-order valence-electron chi connectivity index (χ1n) is 12.2. The zero-order valence-electron chi connectivity index (χ0n) is 20.3. The van der Waals surface area contributed by atoms with Gasteiger partial charge in [-0.2, -0.15) is 13.2 Å². The Morgan fingerprint density at radius 2 is 1.69 bits per heavy atom. The van der Waals surface area contributed by atoms with Gasteiger partial charge in [0.1, 0.15) is 5.75 Å². The molecule has 1 aliphatic rings. The van der Waals surface area contributed by atoms with E-state index < -0.39 is 11.7 Å². The predicted octanol–water partition coefficient (Wildman–Crippen LogP) is 5.24. The standard InChI is InChI=1S/C28H30F3N3O2/c1-2-21-7-10-24(32-19-21)13-18-36-25-11-8-22(9-12-25)27(35)34-16-14-33(15-17-34)20-23-5-3-4-6-26(23)28(29,30)31/h3-12,19H,2,13-18,20H2,1H3. The molecule has 2 heterocycles. The summed E-state index contributed by atoms with van der Waals surface area (Å²) in [5.74, 6) is 0.599. The fourth-order valence-electron chi connectivity index (χ4n) is 4.25. The average Bonchev–Trinajstić information content (AvgIpc) is 2.89. The molecule has 0 atom stereocenters. The molecular weight excluding hydrogens is 467 g/mol. The molecule has 0 saturated carbocycles. The van der Waals surface area contributed by atoms with Crippen LogP contribution in [0.1, 0.15) is 39.7 Å². The number of benzene rings is 2. The van der Waals surface area contributed by atoms with Crippen molar-refractivity contribution in [2.45, 2.75) is 32.5 Å². The minimum atomic E-state index is -4.37. The topological polar surface area (TPSA) is 45.7 Å². The van der Waals surface area contributed by atoms with Crippen molar-refractivity contribution in [1.29, 1.82) is 0 Å². The van der Waals surface area contributed by atoms with Gasteiger partial charge < -0.3 is 9.64 Å². The van der Waals surface area contributed by atoms with Gasteiger partial charge in [-0.1, -0.05) is 31.2 Å². The number of hydrogen-bond acceptors (Lipinski definition) is 4. The van der Waals surface area contributed by atoms with Gasteiger partial charge in [-0.3, -0.25) is 14.7 Å². The number of hydrogen-bond donors (Lipinski definition) is 0. The smallest absolute Gasteiger partial charge is 0.416 e. The summed E-state index contributed by atoms with van der Waals surface area (Å²) in [4.78, 5) is 21.1. The molecule has 190 valence electrons. The highest BCUT2D eigenvalue weighted by molar-refractivity contribution is 5.94. The van der Waals surface area contributed by atoms with E-state index in [1.807, 2.05) is 17.2 Å². The van der Waals surface area contributed by atoms with Gasteiger partial charge in [-0.25, -0.2) is 0 Å². The Hall–Kier alpha value is -3.39. The van der Waals surface area contributed by atoms with Crippen molar-refractivity contribution in [3.8, 4) is 5.75 Å². The van der Waals surface area contributed by atoms with Crippen LogP contribution in [0.2, 0.25) is 0 Å². The van der Waals surface area contributed by atoms with E-state index in [1.165, 1.54) is 17.7 Å². The number of nitrogens with zero attached hydrogens (tertiary/aromatic N) is 3. The number of alkyl halides is 3. The van der Waals surface area contributed by atoms with Crippen LogP contribution in [0.15, 0.2) is 66.9 Å². The molecule has 1 saturated heterocycles. The average molecular weight is 498 g/mol. The van der Waals surface area contributed by atoms with Gasteiger partial charge in [0.2, 0.25) is 0 Å². The van der Waals surface area contributed by atoms with Crippen molar-refractivity contribution in [1.82, 2.24) is 14.8 Å². The third-order valence-electron chi connectivity index (χ3n) is 6.40. The van der Waals surface area contributed by atoms with Crippen LogP contribution in [0, 0.1) is 0 Å². The van der Waals surface area contributed by atoms with E-state index in [4.69, 9.17) is 4.74 Å². The number of ether oxygens (including phenoxy) is 1. The molecule has 1 aliphatic heterocycles. The highest BCUT2D eigenvalue weighted by Gasteiger charge is 2.33. The van der Waals surface area contributed by atoms with Crippen molar-refractivity contribution in [3.63, 3.8) is 0 Å². The fourth-order valence-corrected chi connectivity index (χ4v) is 4.25. The number of piperazine rings is 1. The predicted molar refractivity (Wildman–Crippen MR) is 132 cm³/mol. The van der Waals surface area contributed by atoms with E-state index in [0.29, 0.717) is 50.5 Å². The fraction of sp³-hybridized carbons (Fsp3) is 0.357. The Labute approximate surface area is 209 Å². The van der Waals surface area contributed by atoms with Gasteiger partial charge in [0, 0.05) is 56.6 Å². The zero-order valence-corrected chi connectivity index (χ0v) is 20.3. The molecule has 4 rings (SSSR count). The Bertz CT molecular complexity index is 1140. The maximum absolute atomic E-state index is 13.3. The number of amides is 1. The summed E-state index contributed by atoms with van der Waals surface area (Å²) in [5.41, 5.74) is 2.40. The molecule has 0 aliphatic carbocycles. The number of aryl methyl sites for hydroxylation is 1. The Kier molecular flexibility index (Phi) is 8.25. The van der Waals surface area contributed by atoms with Gasteiger partial charge in [0.25, 0.3) is 5.91 Å². The molecule has 1 fully saturated rings. The first-order valence-corrected chi connectivity index (χ1v) is 12.2.